The number of thiophene rings is 1. The monoisotopic (exact) mass is 443 g/mol. The van der Waals surface area contributed by atoms with E-state index in [1.165, 1.54) is 23.5 Å². The average molecular weight is 443 g/mol. The van der Waals surface area contributed by atoms with E-state index in [2.05, 4.69) is 0 Å². The van der Waals surface area contributed by atoms with Crippen LogP contribution in [0.3, 0.4) is 0 Å². The average Bonchev–Trinajstić information content (AvgIpc) is 3.02. The molecule has 0 radical (unpaired) electrons. The molecule has 0 fully saturated rings. The van der Waals surface area contributed by atoms with Crippen molar-refractivity contribution < 1.29 is 22.4 Å². The lowest BCUT2D eigenvalue weighted by Gasteiger charge is -2.08. The lowest BCUT2D eigenvalue weighted by molar-refractivity contribution is -0.137. The third kappa shape index (κ3) is 4.18. The predicted molar refractivity (Wildman–Crippen MR) is 115 cm³/mol. The molecule has 2 N–H and O–H groups in total. The summed E-state index contributed by atoms with van der Waals surface area (Å²) < 4.78 is 54.1. The van der Waals surface area contributed by atoms with Crippen LogP contribution in [0.25, 0.3) is 21.2 Å². The number of fused-ring (bicyclic) bond motifs is 1. The Labute approximate surface area is 179 Å². The number of aryl methyl sites for hydroxylation is 1. The van der Waals surface area contributed by atoms with Crippen LogP contribution in [0.5, 0.6) is 0 Å². The molecule has 158 valence electrons. The van der Waals surface area contributed by atoms with E-state index in [9.17, 15) is 22.4 Å². The molecule has 7 heteroatoms. The van der Waals surface area contributed by atoms with Crippen LogP contribution >= 0.6 is 11.3 Å². The lowest BCUT2D eigenvalue weighted by Crippen LogP contribution is -2.11. The minimum Gasteiger partial charge on any atom is -0.366 e. The second-order valence-electron chi connectivity index (χ2n) is 7.30. The van der Waals surface area contributed by atoms with Crippen molar-refractivity contribution in [3.8, 4) is 11.1 Å². The molecule has 2 nitrogen and oxygen atoms in total. The van der Waals surface area contributed by atoms with Gasteiger partial charge in [-0.3, -0.25) is 4.79 Å². The van der Waals surface area contributed by atoms with Crippen molar-refractivity contribution in [1.82, 2.24) is 0 Å². The fraction of sp³-hybridized carbons (Fsp3) is 0.125. The Kier molecular flexibility index (Phi) is 5.31. The van der Waals surface area contributed by atoms with Gasteiger partial charge in [-0.1, -0.05) is 36.4 Å². The first-order valence-corrected chi connectivity index (χ1v) is 10.2. The molecule has 3 aromatic carbocycles. The van der Waals surface area contributed by atoms with Gasteiger partial charge in [0.05, 0.1) is 5.56 Å². The molecule has 1 amide bonds. The number of carbonyl (C=O) groups excluding carboxylic acids is 1. The van der Waals surface area contributed by atoms with E-state index in [0.29, 0.717) is 17.5 Å². The minimum absolute atomic E-state index is 0.0736. The maximum Gasteiger partial charge on any atom is 0.416 e. The van der Waals surface area contributed by atoms with Crippen LogP contribution < -0.4 is 5.73 Å². The van der Waals surface area contributed by atoms with Crippen molar-refractivity contribution in [2.75, 3.05) is 0 Å². The van der Waals surface area contributed by atoms with Crippen LogP contribution in [0.1, 0.15) is 31.9 Å². The van der Waals surface area contributed by atoms with Gasteiger partial charge in [0.1, 0.15) is 5.82 Å². The Bertz CT molecular complexity index is 1310. The first kappa shape index (κ1) is 21.1. The van der Waals surface area contributed by atoms with Crippen LogP contribution in [-0.4, -0.2) is 5.91 Å². The Morgan fingerprint density at radius 1 is 1.03 bits per heavy atom. The van der Waals surface area contributed by atoms with E-state index in [0.717, 1.165) is 44.3 Å². The van der Waals surface area contributed by atoms with Crippen molar-refractivity contribution in [2.24, 2.45) is 5.73 Å². The number of carbonyl (C=O) groups is 1. The fourth-order valence-corrected chi connectivity index (χ4v) is 4.99. The zero-order valence-corrected chi connectivity index (χ0v) is 17.2. The van der Waals surface area contributed by atoms with Crippen molar-refractivity contribution in [2.45, 2.75) is 19.5 Å². The first-order valence-electron chi connectivity index (χ1n) is 9.41. The van der Waals surface area contributed by atoms with E-state index >= 15 is 0 Å². The molecule has 1 heterocycles. The lowest BCUT2D eigenvalue weighted by atomic mass is 9.99. The minimum atomic E-state index is -4.39. The number of hydrogen-bond acceptors (Lipinski definition) is 2. The number of alkyl halides is 3. The predicted octanol–water partition coefficient (Wildman–Crippen LogP) is 6.72. The summed E-state index contributed by atoms with van der Waals surface area (Å²) in [4.78, 5) is 12.5. The van der Waals surface area contributed by atoms with Crippen molar-refractivity contribution in [3.63, 3.8) is 0 Å². The van der Waals surface area contributed by atoms with Crippen molar-refractivity contribution in [1.29, 1.82) is 0 Å². The second kappa shape index (κ2) is 7.81. The SMILES string of the molecule is Cc1c(Cc2cccc(C(F)(F)F)c2)sc2c(-c3cc(F)cc(C(N)=O)c3)cccc12. The summed E-state index contributed by atoms with van der Waals surface area (Å²) in [7, 11) is 0. The molecular weight excluding hydrogens is 426 g/mol. The van der Waals surface area contributed by atoms with E-state index in [1.807, 2.05) is 25.1 Å². The van der Waals surface area contributed by atoms with Gasteiger partial charge in [0.2, 0.25) is 5.91 Å². The normalized spacial score (nSPS) is 11.8. The van der Waals surface area contributed by atoms with E-state index in [1.54, 1.807) is 12.1 Å². The molecule has 0 aliphatic carbocycles. The van der Waals surface area contributed by atoms with E-state index in [4.69, 9.17) is 5.73 Å². The van der Waals surface area contributed by atoms with Crippen LogP contribution in [0.15, 0.2) is 60.7 Å². The Morgan fingerprint density at radius 3 is 2.48 bits per heavy atom. The molecule has 1 aromatic heterocycles. The van der Waals surface area contributed by atoms with Gasteiger partial charge in [0, 0.05) is 21.6 Å². The Hall–Kier alpha value is -3.19. The standard InChI is InChI=1S/C24H17F4NOS/c1-13-19-6-3-7-20(15-10-16(23(29)30)12-18(25)11-15)22(19)31-21(13)9-14-4-2-5-17(8-14)24(26,27)28/h2-8,10-12H,9H2,1H3,(H2,29,30). The van der Waals surface area contributed by atoms with Crippen LogP contribution in [0.4, 0.5) is 17.6 Å². The topological polar surface area (TPSA) is 43.1 Å². The Balaban J connectivity index is 1.80. The number of rotatable bonds is 4. The van der Waals surface area contributed by atoms with Gasteiger partial charge < -0.3 is 5.73 Å². The third-order valence-electron chi connectivity index (χ3n) is 5.17. The van der Waals surface area contributed by atoms with Crippen molar-refractivity contribution >= 4 is 27.3 Å². The maximum atomic E-state index is 14.1. The maximum absolute atomic E-state index is 14.1. The molecule has 0 aliphatic heterocycles. The molecule has 0 saturated heterocycles. The summed E-state index contributed by atoms with van der Waals surface area (Å²) in [6.07, 6.45) is -4.04. The molecule has 0 atom stereocenters. The van der Waals surface area contributed by atoms with Crippen LogP contribution in [-0.2, 0) is 12.6 Å². The highest BCUT2D eigenvalue weighted by Gasteiger charge is 2.30. The summed E-state index contributed by atoms with van der Waals surface area (Å²) in [6, 6.07) is 14.8. The number of primary amides is 1. The zero-order chi connectivity index (χ0) is 22.3. The number of halogens is 4. The Morgan fingerprint density at radius 2 is 1.77 bits per heavy atom. The van der Waals surface area contributed by atoms with Crippen LogP contribution in [0, 0.1) is 12.7 Å². The van der Waals surface area contributed by atoms with E-state index < -0.39 is 23.5 Å². The number of hydrogen-bond donors (Lipinski definition) is 1. The molecule has 31 heavy (non-hydrogen) atoms. The largest absolute Gasteiger partial charge is 0.416 e. The molecule has 0 unspecified atom stereocenters. The first-order chi connectivity index (χ1) is 14.6. The van der Waals surface area contributed by atoms with E-state index in [-0.39, 0.29) is 5.56 Å². The van der Waals surface area contributed by atoms with Gasteiger partial charge in [-0.25, -0.2) is 4.39 Å². The quantitative estimate of drug-likeness (QED) is 0.350. The van der Waals surface area contributed by atoms with Gasteiger partial charge in [0.15, 0.2) is 0 Å². The van der Waals surface area contributed by atoms with Gasteiger partial charge in [0.25, 0.3) is 0 Å². The number of nitrogens with two attached hydrogens (primary N) is 1. The highest BCUT2D eigenvalue weighted by atomic mass is 32.1. The fourth-order valence-electron chi connectivity index (χ4n) is 3.62. The molecule has 4 rings (SSSR count). The molecule has 0 spiro atoms. The van der Waals surface area contributed by atoms with Gasteiger partial charge in [-0.2, -0.15) is 13.2 Å². The van der Waals surface area contributed by atoms with Gasteiger partial charge in [-0.05, 0) is 58.8 Å². The zero-order valence-electron chi connectivity index (χ0n) is 16.4. The second-order valence-corrected chi connectivity index (χ2v) is 8.41. The molecule has 4 aromatic rings. The summed E-state index contributed by atoms with van der Waals surface area (Å²) in [5, 5.41) is 0.939. The summed E-state index contributed by atoms with van der Waals surface area (Å²) in [5.41, 5.74) is 7.50. The molecule has 0 saturated carbocycles. The molecular formula is C24H17F4NOS. The molecule has 0 bridgehead atoms. The number of benzene rings is 3. The highest BCUT2D eigenvalue weighted by molar-refractivity contribution is 7.19. The summed E-state index contributed by atoms with van der Waals surface area (Å²) in [5.74, 6) is -1.29. The van der Waals surface area contributed by atoms with Gasteiger partial charge >= 0.3 is 6.18 Å². The third-order valence-corrected chi connectivity index (χ3v) is 6.52. The summed E-state index contributed by atoms with van der Waals surface area (Å²) >= 11 is 1.45. The molecule has 0 aliphatic rings. The summed E-state index contributed by atoms with van der Waals surface area (Å²) in [6.45, 7) is 1.92. The number of amides is 1. The van der Waals surface area contributed by atoms with Gasteiger partial charge in [-0.15, -0.1) is 11.3 Å². The smallest absolute Gasteiger partial charge is 0.366 e. The highest BCUT2D eigenvalue weighted by Crippen LogP contribution is 2.39. The van der Waals surface area contributed by atoms with Crippen molar-refractivity contribution in [3.05, 3.63) is 93.6 Å². The van der Waals surface area contributed by atoms with Crippen LogP contribution in [0.2, 0.25) is 0 Å².